The summed E-state index contributed by atoms with van der Waals surface area (Å²) in [6.45, 7) is 0. The fourth-order valence-electron chi connectivity index (χ4n) is 3.24. The zero-order valence-corrected chi connectivity index (χ0v) is 11.5. The zero-order valence-electron chi connectivity index (χ0n) is 11.5. The van der Waals surface area contributed by atoms with Crippen molar-refractivity contribution in [2.75, 3.05) is 0 Å². The Kier molecular flexibility index (Phi) is 2.76. The monoisotopic (exact) mass is 269 g/mol. The largest absolute Gasteiger partial charge is 0.349 e. The molecule has 4 heteroatoms. The maximum absolute atomic E-state index is 12.6. The molecule has 1 N–H and O–H groups in total. The van der Waals surface area contributed by atoms with Gasteiger partial charge in [0.1, 0.15) is 0 Å². The second-order valence-electron chi connectivity index (χ2n) is 6.01. The van der Waals surface area contributed by atoms with E-state index in [2.05, 4.69) is 14.9 Å². The molecule has 0 radical (unpaired) electrons. The molecule has 0 atom stereocenters. The van der Waals surface area contributed by atoms with Gasteiger partial charge in [0.2, 0.25) is 0 Å². The average molecular weight is 269 g/mol. The second kappa shape index (κ2) is 4.62. The van der Waals surface area contributed by atoms with Crippen molar-refractivity contribution in [3.63, 3.8) is 0 Å². The quantitative estimate of drug-likeness (QED) is 0.931. The molecule has 2 aliphatic carbocycles. The van der Waals surface area contributed by atoms with Crippen LogP contribution in [0.2, 0.25) is 0 Å². The van der Waals surface area contributed by atoms with E-state index < -0.39 is 0 Å². The fraction of sp³-hybridized carbons (Fsp3) is 0.500. The van der Waals surface area contributed by atoms with Crippen molar-refractivity contribution >= 4 is 16.9 Å². The molecular weight excluding hydrogens is 250 g/mol. The Bertz CT molecular complexity index is 651. The molecule has 0 spiro atoms. The van der Waals surface area contributed by atoms with Gasteiger partial charge in [-0.2, -0.15) is 0 Å². The van der Waals surface area contributed by atoms with Gasteiger partial charge in [-0.1, -0.05) is 18.9 Å². The van der Waals surface area contributed by atoms with Gasteiger partial charge in [-0.25, -0.2) is 4.98 Å². The lowest BCUT2D eigenvalue weighted by atomic mass is 10.1. The summed E-state index contributed by atoms with van der Waals surface area (Å²) in [6.07, 6.45) is 8.97. The van der Waals surface area contributed by atoms with Crippen molar-refractivity contribution in [2.45, 2.75) is 50.6 Å². The van der Waals surface area contributed by atoms with Crippen LogP contribution in [0.15, 0.2) is 24.5 Å². The summed E-state index contributed by atoms with van der Waals surface area (Å²) in [6, 6.07) is 6.74. The predicted molar refractivity (Wildman–Crippen MR) is 77.7 cm³/mol. The Labute approximate surface area is 118 Å². The molecule has 2 aliphatic rings. The number of imidazole rings is 1. The second-order valence-corrected chi connectivity index (χ2v) is 6.01. The number of fused-ring (bicyclic) bond motifs is 1. The lowest BCUT2D eigenvalue weighted by Gasteiger charge is -2.13. The minimum absolute atomic E-state index is 0.0601. The third kappa shape index (κ3) is 1.99. The molecule has 2 fully saturated rings. The van der Waals surface area contributed by atoms with Crippen molar-refractivity contribution in [1.29, 1.82) is 0 Å². The molecule has 1 amide bonds. The van der Waals surface area contributed by atoms with Gasteiger partial charge in [0.25, 0.3) is 5.91 Å². The first-order valence-corrected chi connectivity index (χ1v) is 7.59. The highest BCUT2D eigenvalue weighted by atomic mass is 16.1. The topological polar surface area (TPSA) is 46.9 Å². The van der Waals surface area contributed by atoms with E-state index in [4.69, 9.17) is 0 Å². The van der Waals surface area contributed by atoms with Gasteiger partial charge in [-0.3, -0.25) is 4.79 Å². The first-order valence-electron chi connectivity index (χ1n) is 7.59. The number of rotatable bonds is 3. The van der Waals surface area contributed by atoms with Crippen molar-refractivity contribution < 1.29 is 4.79 Å². The number of carbonyl (C=O) groups is 1. The number of hydrogen-bond donors (Lipinski definition) is 1. The average Bonchev–Trinajstić information content (AvgIpc) is 3.01. The number of aromatic nitrogens is 2. The molecule has 104 valence electrons. The Morgan fingerprint density at radius 3 is 2.75 bits per heavy atom. The third-order valence-electron chi connectivity index (χ3n) is 4.47. The van der Waals surface area contributed by atoms with E-state index in [1.165, 1.54) is 25.7 Å². The van der Waals surface area contributed by atoms with Gasteiger partial charge in [-0.05, 0) is 37.8 Å². The molecule has 20 heavy (non-hydrogen) atoms. The van der Waals surface area contributed by atoms with Gasteiger partial charge in [0.15, 0.2) is 0 Å². The molecule has 0 unspecified atom stereocenters. The lowest BCUT2D eigenvalue weighted by molar-refractivity contribution is 0.0939. The number of benzene rings is 1. The summed E-state index contributed by atoms with van der Waals surface area (Å²) in [4.78, 5) is 17.0. The minimum Gasteiger partial charge on any atom is -0.349 e. The Balaban J connectivity index is 1.70. The number of nitrogens with one attached hydrogen (secondary N) is 1. The SMILES string of the molecule is O=C(NC1CCCC1)c1cccc2ncn(C3CC3)c12. The van der Waals surface area contributed by atoms with Crippen molar-refractivity contribution in [3.05, 3.63) is 30.1 Å². The summed E-state index contributed by atoms with van der Waals surface area (Å²) >= 11 is 0. The number of amides is 1. The van der Waals surface area contributed by atoms with E-state index >= 15 is 0 Å². The van der Waals surface area contributed by atoms with Crippen LogP contribution in [0.4, 0.5) is 0 Å². The van der Waals surface area contributed by atoms with Crippen LogP contribution in [0.5, 0.6) is 0 Å². The van der Waals surface area contributed by atoms with E-state index in [1.807, 2.05) is 24.5 Å². The number of carbonyl (C=O) groups excluding carboxylic acids is 1. The normalized spacial score (nSPS) is 19.6. The molecular formula is C16H19N3O. The summed E-state index contributed by atoms with van der Waals surface area (Å²) < 4.78 is 2.18. The number of nitrogens with zero attached hydrogens (tertiary/aromatic N) is 2. The highest BCUT2D eigenvalue weighted by molar-refractivity contribution is 6.05. The molecule has 1 aromatic carbocycles. The lowest BCUT2D eigenvalue weighted by Crippen LogP contribution is -2.32. The first kappa shape index (κ1) is 11.9. The fourth-order valence-corrected chi connectivity index (χ4v) is 3.24. The molecule has 0 saturated heterocycles. The van der Waals surface area contributed by atoms with E-state index in [0.29, 0.717) is 12.1 Å². The smallest absolute Gasteiger partial charge is 0.253 e. The molecule has 4 rings (SSSR count). The van der Waals surface area contributed by atoms with Crippen molar-refractivity contribution in [1.82, 2.24) is 14.9 Å². The predicted octanol–water partition coefficient (Wildman–Crippen LogP) is 3.04. The van der Waals surface area contributed by atoms with Crippen LogP contribution in [0.25, 0.3) is 11.0 Å². The zero-order chi connectivity index (χ0) is 13.5. The van der Waals surface area contributed by atoms with Crippen LogP contribution in [0.3, 0.4) is 0 Å². The maximum atomic E-state index is 12.6. The van der Waals surface area contributed by atoms with Crippen LogP contribution in [-0.4, -0.2) is 21.5 Å². The Morgan fingerprint density at radius 1 is 1.20 bits per heavy atom. The van der Waals surface area contributed by atoms with Crippen molar-refractivity contribution in [3.8, 4) is 0 Å². The first-order chi connectivity index (χ1) is 9.83. The molecule has 2 aromatic rings. The van der Waals surface area contributed by atoms with Crippen LogP contribution < -0.4 is 5.32 Å². The number of hydrogen-bond acceptors (Lipinski definition) is 2. The molecule has 1 aromatic heterocycles. The summed E-state index contributed by atoms with van der Waals surface area (Å²) in [7, 11) is 0. The van der Waals surface area contributed by atoms with Crippen LogP contribution in [0, 0.1) is 0 Å². The highest BCUT2D eigenvalue weighted by Gasteiger charge is 2.27. The molecule has 2 saturated carbocycles. The van der Waals surface area contributed by atoms with Crippen molar-refractivity contribution in [2.24, 2.45) is 0 Å². The standard InChI is InChI=1S/C16H19N3O/c20-16(18-11-4-1-2-5-11)13-6-3-7-14-15(13)19(10-17-14)12-8-9-12/h3,6-7,10-12H,1-2,4-5,8-9H2,(H,18,20). The summed E-state index contributed by atoms with van der Waals surface area (Å²) in [5, 5.41) is 3.18. The summed E-state index contributed by atoms with van der Waals surface area (Å²) in [5.41, 5.74) is 2.71. The van der Waals surface area contributed by atoms with E-state index in [1.54, 1.807) is 0 Å². The number of para-hydroxylation sites is 1. The van der Waals surface area contributed by atoms with Gasteiger partial charge in [0, 0.05) is 12.1 Å². The van der Waals surface area contributed by atoms with Gasteiger partial charge in [0.05, 0.1) is 22.9 Å². The van der Waals surface area contributed by atoms with Gasteiger partial charge in [-0.15, -0.1) is 0 Å². The van der Waals surface area contributed by atoms with Crippen LogP contribution in [0.1, 0.15) is 54.9 Å². The van der Waals surface area contributed by atoms with Gasteiger partial charge < -0.3 is 9.88 Å². The maximum Gasteiger partial charge on any atom is 0.253 e. The highest BCUT2D eigenvalue weighted by Crippen LogP contribution is 2.37. The minimum atomic E-state index is 0.0601. The summed E-state index contributed by atoms with van der Waals surface area (Å²) in [5.74, 6) is 0.0601. The van der Waals surface area contributed by atoms with Crippen LogP contribution >= 0.6 is 0 Å². The van der Waals surface area contributed by atoms with E-state index in [0.717, 1.165) is 29.4 Å². The third-order valence-corrected chi connectivity index (χ3v) is 4.47. The molecule has 0 aliphatic heterocycles. The molecule has 0 bridgehead atoms. The molecule has 4 nitrogen and oxygen atoms in total. The van der Waals surface area contributed by atoms with Crippen LogP contribution in [-0.2, 0) is 0 Å². The Morgan fingerprint density at radius 2 is 2.00 bits per heavy atom. The van der Waals surface area contributed by atoms with Gasteiger partial charge >= 0.3 is 0 Å². The Hall–Kier alpha value is -1.84. The molecule has 1 heterocycles. The van der Waals surface area contributed by atoms with E-state index in [9.17, 15) is 4.79 Å². The van der Waals surface area contributed by atoms with E-state index in [-0.39, 0.29) is 5.91 Å².